The first-order valence-corrected chi connectivity index (χ1v) is 9.14. The van der Waals surface area contributed by atoms with Crippen molar-refractivity contribution in [1.82, 2.24) is 20.4 Å². The topological polar surface area (TPSA) is 67.4 Å². The number of amides is 1. The van der Waals surface area contributed by atoms with Crippen LogP contribution in [0.2, 0.25) is 0 Å². The van der Waals surface area contributed by atoms with Crippen molar-refractivity contribution < 1.29 is 9.53 Å². The van der Waals surface area contributed by atoms with Crippen LogP contribution in [0.15, 0.2) is 53.3 Å². The Balaban J connectivity index is 1.77. The zero-order valence-corrected chi connectivity index (χ0v) is 15.6. The number of carbonyl (C=O) groups excluding carboxylic acids is 1. The van der Waals surface area contributed by atoms with Gasteiger partial charge in [0.25, 0.3) is 5.91 Å². The van der Waals surface area contributed by atoms with E-state index in [1.54, 1.807) is 12.4 Å². The lowest BCUT2D eigenvalue weighted by molar-refractivity contribution is 0.0127. The summed E-state index contributed by atoms with van der Waals surface area (Å²) in [6.45, 7) is 2.58. The van der Waals surface area contributed by atoms with Crippen LogP contribution in [0.4, 0.5) is 0 Å². The Kier molecular flexibility index (Phi) is 4.92. The number of morpholine rings is 1. The van der Waals surface area contributed by atoms with Crippen LogP contribution in [-0.2, 0) is 4.74 Å². The van der Waals surface area contributed by atoms with Crippen LogP contribution < -0.4 is 5.43 Å². The highest BCUT2D eigenvalue weighted by atomic mass is 79.9. The van der Waals surface area contributed by atoms with E-state index in [0.29, 0.717) is 31.9 Å². The first-order chi connectivity index (χ1) is 12.7. The zero-order valence-electron chi connectivity index (χ0n) is 14.0. The summed E-state index contributed by atoms with van der Waals surface area (Å²) < 4.78 is 6.24. The second kappa shape index (κ2) is 7.49. The largest absolute Gasteiger partial charge is 0.379 e. The Morgan fingerprint density at radius 3 is 2.81 bits per heavy atom. The number of nitrogens with one attached hydrogen (secondary N) is 1. The summed E-state index contributed by atoms with van der Waals surface area (Å²) in [7, 11) is 0. The third kappa shape index (κ3) is 3.60. The highest BCUT2D eigenvalue weighted by molar-refractivity contribution is 9.10. The molecule has 0 bridgehead atoms. The molecule has 4 rings (SSSR count). The molecule has 0 atom stereocenters. The van der Waals surface area contributed by atoms with E-state index in [1.165, 1.54) is 0 Å². The second-order valence-corrected chi connectivity index (χ2v) is 6.91. The van der Waals surface area contributed by atoms with Gasteiger partial charge in [0.1, 0.15) is 0 Å². The van der Waals surface area contributed by atoms with Crippen molar-refractivity contribution in [2.45, 2.75) is 0 Å². The maximum Gasteiger partial charge on any atom is 0.266 e. The minimum atomic E-state index is -0.150. The van der Waals surface area contributed by atoms with Gasteiger partial charge in [-0.25, -0.2) is 9.99 Å². The van der Waals surface area contributed by atoms with E-state index in [2.05, 4.69) is 26.3 Å². The molecule has 0 unspecified atom stereocenters. The molecule has 0 aliphatic carbocycles. The molecule has 6 nitrogen and oxygen atoms in total. The molecule has 1 fully saturated rings. The van der Waals surface area contributed by atoms with Crippen LogP contribution in [0.25, 0.3) is 22.2 Å². The van der Waals surface area contributed by atoms with E-state index in [1.807, 2.05) is 41.4 Å². The monoisotopic (exact) mass is 412 g/mol. The van der Waals surface area contributed by atoms with Crippen molar-refractivity contribution >= 4 is 32.7 Å². The summed E-state index contributed by atoms with van der Waals surface area (Å²) in [6.07, 6.45) is 3.46. The Labute approximate surface area is 159 Å². The number of aromatic nitrogens is 2. The molecular weight excluding hydrogens is 396 g/mol. The fourth-order valence-electron chi connectivity index (χ4n) is 2.93. The summed E-state index contributed by atoms with van der Waals surface area (Å²) in [5.74, 6) is -0.150. The molecule has 0 spiro atoms. The molecule has 0 radical (unpaired) electrons. The third-order valence-electron chi connectivity index (χ3n) is 4.24. The predicted molar refractivity (Wildman–Crippen MR) is 103 cm³/mol. The molecule has 1 N–H and O–H groups in total. The quantitative estimate of drug-likeness (QED) is 0.715. The van der Waals surface area contributed by atoms with E-state index < -0.39 is 0 Å². The molecule has 1 aliphatic rings. The maximum atomic E-state index is 13.0. The zero-order chi connectivity index (χ0) is 17.9. The van der Waals surface area contributed by atoms with Crippen LogP contribution >= 0.6 is 15.9 Å². The van der Waals surface area contributed by atoms with Gasteiger partial charge in [-0.3, -0.25) is 15.2 Å². The highest BCUT2D eigenvalue weighted by Gasteiger charge is 2.18. The number of rotatable bonds is 3. The number of benzene rings is 1. The minimum absolute atomic E-state index is 0.150. The molecule has 1 saturated heterocycles. The summed E-state index contributed by atoms with van der Waals surface area (Å²) in [6, 6.07) is 11.4. The van der Waals surface area contributed by atoms with E-state index >= 15 is 0 Å². The van der Waals surface area contributed by atoms with Crippen molar-refractivity contribution in [3.8, 4) is 11.3 Å². The Hall–Kier alpha value is -2.35. The van der Waals surface area contributed by atoms with Gasteiger partial charge < -0.3 is 4.74 Å². The van der Waals surface area contributed by atoms with Crippen molar-refractivity contribution in [1.29, 1.82) is 0 Å². The smallest absolute Gasteiger partial charge is 0.266 e. The van der Waals surface area contributed by atoms with Crippen molar-refractivity contribution in [2.75, 3.05) is 26.3 Å². The van der Waals surface area contributed by atoms with Crippen LogP contribution in [-0.4, -0.2) is 47.2 Å². The minimum Gasteiger partial charge on any atom is -0.379 e. The molecule has 3 aromatic rings. The van der Waals surface area contributed by atoms with Gasteiger partial charge in [-0.2, -0.15) is 0 Å². The number of hydrazine groups is 1. The molecule has 3 heterocycles. The van der Waals surface area contributed by atoms with Gasteiger partial charge in [0.2, 0.25) is 0 Å². The first kappa shape index (κ1) is 17.1. The van der Waals surface area contributed by atoms with Crippen molar-refractivity contribution in [3.05, 3.63) is 58.8 Å². The van der Waals surface area contributed by atoms with Gasteiger partial charge >= 0.3 is 0 Å². The predicted octanol–water partition coefficient (Wildman–Crippen LogP) is 3.04. The number of ether oxygens (including phenoxy) is 1. The maximum absolute atomic E-state index is 13.0. The lowest BCUT2D eigenvalue weighted by atomic mass is 10.0. The van der Waals surface area contributed by atoms with E-state index in [-0.39, 0.29) is 5.91 Å². The van der Waals surface area contributed by atoms with Gasteiger partial charge in [-0.15, -0.1) is 0 Å². The number of pyridine rings is 2. The number of fused-ring (bicyclic) bond motifs is 1. The molecule has 7 heteroatoms. The SMILES string of the molecule is O=C(NN1CCOCC1)c1cc(-c2cccnc2)nc2ccc(Br)cc12. The number of carbonyl (C=O) groups is 1. The molecule has 132 valence electrons. The lowest BCUT2D eigenvalue weighted by Crippen LogP contribution is -2.48. The van der Waals surface area contributed by atoms with E-state index in [9.17, 15) is 4.79 Å². The molecule has 1 aliphatic heterocycles. The number of nitrogens with zero attached hydrogens (tertiary/aromatic N) is 3. The third-order valence-corrected chi connectivity index (χ3v) is 4.74. The first-order valence-electron chi connectivity index (χ1n) is 8.35. The van der Waals surface area contributed by atoms with Crippen LogP contribution in [0, 0.1) is 0 Å². The summed E-state index contributed by atoms with van der Waals surface area (Å²) in [5.41, 5.74) is 5.93. The molecule has 0 saturated carbocycles. The van der Waals surface area contributed by atoms with E-state index in [4.69, 9.17) is 9.72 Å². The van der Waals surface area contributed by atoms with Crippen molar-refractivity contribution in [3.63, 3.8) is 0 Å². The summed E-state index contributed by atoms with van der Waals surface area (Å²) in [5, 5.41) is 2.69. The van der Waals surface area contributed by atoms with Gasteiger partial charge in [0.15, 0.2) is 0 Å². The van der Waals surface area contributed by atoms with Gasteiger partial charge in [0, 0.05) is 40.9 Å². The van der Waals surface area contributed by atoms with Crippen LogP contribution in [0.5, 0.6) is 0 Å². The standard InChI is InChI=1S/C19H17BrN4O2/c20-14-3-4-17-15(10-14)16(19(25)23-24-6-8-26-9-7-24)11-18(22-17)13-2-1-5-21-12-13/h1-5,10-12H,6-9H2,(H,23,25). The number of hydrogen-bond donors (Lipinski definition) is 1. The normalized spacial score (nSPS) is 15.1. The number of halogens is 1. The average molecular weight is 413 g/mol. The van der Waals surface area contributed by atoms with Crippen LogP contribution in [0.1, 0.15) is 10.4 Å². The Bertz CT molecular complexity index is 943. The molecule has 1 aromatic carbocycles. The van der Waals surface area contributed by atoms with Crippen molar-refractivity contribution in [2.24, 2.45) is 0 Å². The number of hydrogen-bond acceptors (Lipinski definition) is 5. The highest BCUT2D eigenvalue weighted by Crippen LogP contribution is 2.27. The van der Waals surface area contributed by atoms with Crippen LogP contribution in [0.3, 0.4) is 0 Å². The van der Waals surface area contributed by atoms with E-state index in [0.717, 1.165) is 26.6 Å². The lowest BCUT2D eigenvalue weighted by Gasteiger charge is -2.27. The molecule has 2 aromatic heterocycles. The fourth-order valence-corrected chi connectivity index (χ4v) is 3.29. The van der Waals surface area contributed by atoms with Gasteiger partial charge in [-0.1, -0.05) is 15.9 Å². The second-order valence-electron chi connectivity index (χ2n) is 6.00. The Morgan fingerprint density at radius 2 is 2.04 bits per heavy atom. The Morgan fingerprint density at radius 1 is 1.19 bits per heavy atom. The summed E-state index contributed by atoms with van der Waals surface area (Å²) >= 11 is 3.48. The summed E-state index contributed by atoms with van der Waals surface area (Å²) in [4.78, 5) is 21.8. The molecule has 26 heavy (non-hydrogen) atoms. The fraction of sp³-hybridized carbons (Fsp3) is 0.211. The average Bonchev–Trinajstić information content (AvgIpc) is 2.68. The molecule has 1 amide bonds. The van der Waals surface area contributed by atoms with Gasteiger partial charge in [-0.05, 0) is 36.4 Å². The van der Waals surface area contributed by atoms with Gasteiger partial charge in [0.05, 0.1) is 30.0 Å². The molecular formula is C19H17BrN4O2.